The second-order valence-electron chi connectivity index (χ2n) is 6.98. The lowest BCUT2D eigenvalue weighted by Crippen LogP contribution is -2.44. The first kappa shape index (κ1) is 15.5. The number of ketones is 1. The van der Waals surface area contributed by atoms with E-state index in [1.54, 1.807) is 0 Å². The summed E-state index contributed by atoms with van der Waals surface area (Å²) < 4.78 is 1.95. The van der Waals surface area contributed by atoms with Crippen LogP contribution in [0.5, 0.6) is 0 Å². The van der Waals surface area contributed by atoms with Gasteiger partial charge in [-0.2, -0.15) is 5.10 Å². The lowest BCUT2D eigenvalue weighted by atomic mass is 9.67. The van der Waals surface area contributed by atoms with E-state index in [0.29, 0.717) is 5.78 Å². The zero-order valence-corrected chi connectivity index (χ0v) is 13.3. The molecule has 1 saturated heterocycles. The number of Topliss-reactive ketones (excluding diaryl/α,β-unsaturated/α-hetero) is 1. The number of carbonyl (C=O) groups excluding carboxylic acids is 1. The SMILES string of the molecule is CC(C)(C)n1cc2c(n1)C(=O)C1(CCNCC1)CC2.Cl. The monoisotopic (exact) mass is 297 g/mol. The minimum Gasteiger partial charge on any atom is -0.317 e. The maximum atomic E-state index is 12.8. The van der Waals surface area contributed by atoms with Gasteiger partial charge in [-0.1, -0.05) is 0 Å². The van der Waals surface area contributed by atoms with E-state index in [1.807, 2.05) is 4.68 Å². The van der Waals surface area contributed by atoms with Crippen molar-refractivity contribution >= 4 is 18.2 Å². The van der Waals surface area contributed by atoms with Crippen LogP contribution in [-0.2, 0) is 12.0 Å². The number of rotatable bonds is 0. The fraction of sp³-hybridized carbons (Fsp3) is 0.733. The molecule has 1 aliphatic carbocycles. The van der Waals surface area contributed by atoms with Gasteiger partial charge in [-0.15, -0.1) is 12.4 Å². The van der Waals surface area contributed by atoms with Crippen LogP contribution in [0, 0.1) is 5.41 Å². The molecule has 1 N–H and O–H groups in total. The van der Waals surface area contributed by atoms with Crippen LogP contribution in [0.3, 0.4) is 0 Å². The molecule has 1 aliphatic heterocycles. The molecule has 4 nitrogen and oxygen atoms in total. The molecule has 2 heterocycles. The number of nitrogens with zero attached hydrogens (tertiary/aromatic N) is 2. The van der Waals surface area contributed by atoms with E-state index in [4.69, 9.17) is 0 Å². The van der Waals surface area contributed by atoms with Gasteiger partial charge in [-0.3, -0.25) is 9.48 Å². The number of aromatic nitrogens is 2. The van der Waals surface area contributed by atoms with Gasteiger partial charge in [-0.05, 0) is 59.5 Å². The predicted octanol–water partition coefficient (Wildman–Crippen LogP) is 2.56. The summed E-state index contributed by atoms with van der Waals surface area (Å²) in [6.07, 6.45) is 6.00. The number of aryl methyl sites for hydroxylation is 1. The van der Waals surface area contributed by atoms with Crippen LogP contribution in [0.25, 0.3) is 0 Å². The second kappa shape index (κ2) is 5.15. The van der Waals surface area contributed by atoms with Crippen LogP contribution in [0.15, 0.2) is 6.20 Å². The minimum atomic E-state index is -0.130. The van der Waals surface area contributed by atoms with Gasteiger partial charge in [0.05, 0.1) is 5.54 Å². The van der Waals surface area contributed by atoms with Crippen molar-refractivity contribution < 1.29 is 4.79 Å². The number of piperidine rings is 1. The predicted molar refractivity (Wildman–Crippen MR) is 81.7 cm³/mol. The molecule has 1 spiro atoms. The largest absolute Gasteiger partial charge is 0.317 e. The average molecular weight is 298 g/mol. The highest BCUT2D eigenvalue weighted by Gasteiger charge is 2.44. The standard InChI is InChI=1S/C15H23N3O.ClH/c1-14(2,3)18-10-11-4-5-15(6-8-16-9-7-15)13(19)12(11)17-18;/h10,16H,4-9H2,1-3H3;1H. The molecule has 1 aromatic heterocycles. The zero-order valence-electron chi connectivity index (χ0n) is 12.5. The average Bonchev–Trinajstić information content (AvgIpc) is 2.80. The van der Waals surface area contributed by atoms with E-state index in [0.717, 1.165) is 50.0 Å². The summed E-state index contributed by atoms with van der Waals surface area (Å²) in [5.41, 5.74) is 1.70. The number of hydrogen-bond donors (Lipinski definition) is 1. The van der Waals surface area contributed by atoms with Crippen LogP contribution in [-0.4, -0.2) is 28.7 Å². The third-order valence-corrected chi connectivity index (χ3v) is 4.61. The Kier molecular flexibility index (Phi) is 4.00. The molecule has 5 heteroatoms. The molecule has 0 atom stereocenters. The lowest BCUT2D eigenvalue weighted by Gasteiger charge is -2.38. The fourth-order valence-electron chi connectivity index (χ4n) is 3.25. The van der Waals surface area contributed by atoms with E-state index in [9.17, 15) is 4.79 Å². The molecule has 1 aromatic rings. The summed E-state index contributed by atoms with van der Waals surface area (Å²) in [4.78, 5) is 12.8. The molecular formula is C15H24ClN3O. The van der Waals surface area contributed by atoms with E-state index in [2.05, 4.69) is 37.4 Å². The summed E-state index contributed by atoms with van der Waals surface area (Å²) in [6.45, 7) is 8.28. The van der Waals surface area contributed by atoms with Gasteiger partial charge in [0, 0.05) is 17.2 Å². The third kappa shape index (κ3) is 2.40. The summed E-state index contributed by atoms with van der Waals surface area (Å²) >= 11 is 0. The maximum Gasteiger partial charge on any atom is 0.189 e. The van der Waals surface area contributed by atoms with Gasteiger partial charge in [0.1, 0.15) is 5.69 Å². The van der Waals surface area contributed by atoms with Gasteiger partial charge in [0.15, 0.2) is 5.78 Å². The van der Waals surface area contributed by atoms with E-state index < -0.39 is 0 Å². The van der Waals surface area contributed by atoms with E-state index in [-0.39, 0.29) is 23.4 Å². The third-order valence-electron chi connectivity index (χ3n) is 4.61. The lowest BCUT2D eigenvalue weighted by molar-refractivity contribution is 0.0679. The Morgan fingerprint density at radius 3 is 2.50 bits per heavy atom. The number of hydrogen-bond acceptors (Lipinski definition) is 3. The molecule has 0 unspecified atom stereocenters. The normalized spacial score (nSPS) is 21.4. The van der Waals surface area contributed by atoms with Crippen molar-refractivity contribution in [1.29, 1.82) is 0 Å². The first-order valence-corrected chi connectivity index (χ1v) is 7.27. The Bertz CT molecular complexity index is 510. The Labute approximate surface area is 126 Å². The van der Waals surface area contributed by atoms with Crippen molar-refractivity contribution in [3.8, 4) is 0 Å². The summed E-state index contributed by atoms with van der Waals surface area (Å²) in [6, 6.07) is 0. The summed E-state index contributed by atoms with van der Waals surface area (Å²) in [5, 5.41) is 7.95. The first-order valence-electron chi connectivity index (χ1n) is 7.27. The Morgan fingerprint density at radius 1 is 1.25 bits per heavy atom. The highest BCUT2D eigenvalue weighted by Crippen LogP contribution is 2.41. The summed E-state index contributed by atoms with van der Waals surface area (Å²) in [5.74, 6) is 0.290. The van der Waals surface area contributed by atoms with Gasteiger partial charge >= 0.3 is 0 Å². The Morgan fingerprint density at radius 2 is 1.90 bits per heavy atom. The Hall–Kier alpha value is -0.870. The van der Waals surface area contributed by atoms with Crippen molar-refractivity contribution in [3.63, 3.8) is 0 Å². The van der Waals surface area contributed by atoms with Crippen LogP contribution in [0.1, 0.15) is 56.1 Å². The van der Waals surface area contributed by atoms with Crippen LogP contribution < -0.4 is 5.32 Å². The van der Waals surface area contributed by atoms with Crippen LogP contribution in [0.4, 0.5) is 0 Å². The van der Waals surface area contributed by atoms with Crippen molar-refractivity contribution in [3.05, 3.63) is 17.5 Å². The number of carbonyl (C=O) groups is 1. The molecule has 0 amide bonds. The van der Waals surface area contributed by atoms with Crippen molar-refractivity contribution in [1.82, 2.24) is 15.1 Å². The van der Waals surface area contributed by atoms with Gasteiger partial charge in [0.2, 0.25) is 0 Å². The second-order valence-corrected chi connectivity index (χ2v) is 6.98. The molecule has 2 aliphatic rings. The molecule has 112 valence electrons. The Balaban J connectivity index is 0.00000147. The van der Waals surface area contributed by atoms with Gasteiger partial charge in [0.25, 0.3) is 0 Å². The highest BCUT2D eigenvalue weighted by molar-refractivity contribution is 6.01. The number of nitrogens with one attached hydrogen (secondary N) is 1. The van der Waals surface area contributed by atoms with Gasteiger partial charge < -0.3 is 5.32 Å². The van der Waals surface area contributed by atoms with Crippen molar-refractivity contribution in [2.75, 3.05) is 13.1 Å². The quantitative estimate of drug-likeness (QED) is 0.800. The molecule has 1 fully saturated rings. The smallest absolute Gasteiger partial charge is 0.189 e. The zero-order chi connectivity index (χ0) is 13.7. The first-order chi connectivity index (χ1) is 8.92. The molecule has 3 rings (SSSR count). The minimum absolute atomic E-state index is 0. The van der Waals surface area contributed by atoms with Crippen molar-refractivity contribution in [2.45, 2.75) is 52.0 Å². The topological polar surface area (TPSA) is 46.9 Å². The van der Waals surface area contributed by atoms with E-state index >= 15 is 0 Å². The molecule has 20 heavy (non-hydrogen) atoms. The van der Waals surface area contributed by atoms with E-state index in [1.165, 1.54) is 0 Å². The molecule has 0 bridgehead atoms. The molecule has 0 aromatic carbocycles. The van der Waals surface area contributed by atoms with Crippen molar-refractivity contribution in [2.24, 2.45) is 5.41 Å². The fourth-order valence-corrected chi connectivity index (χ4v) is 3.25. The molecule has 0 radical (unpaired) electrons. The molecular weight excluding hydrogens is 274 g/mol. The van der Waals surface area contributed by atoms with Crippen LogP contribution in [0.2, 0.25) is 0 Å². The number of halogens is 1. The van der Waals surface area contributed by atoms with Crippen LogP contribution >= 0.6 is 12.4 Å². The highest BCUT2D eigenvalue weighted by atomic mass is 35.5. The van der Waals surface area contributed by atoms with Gasteiger partial charge in [-0.25, -0.2) is 0 Å². The molecule has 0 saturated carbocycles. The maximum absolute atomic E-state index is 12.8. The number of fused-ring (bicyclic) bond motifs is 1. The summed E-state index contributed by atoms with van der Waals surface area (Å²) in [7, 11) is 0.